The maximum Gasteiger partial charge on any atom is 0.306 e. The molecule has 0 saturated carbocycles. The van der Waals surface area contributed by atoms with Gasteiger partial charge in [0, 0.05) is 12.8 Å². The van der Waals surface area contributed by atoms with Crippen LogP contribution >= 0.6 is 7.82 Å². The lowest BCUT2D eigenvalue weighted by Crippen LogP contribution is -2.37. The summed E-state index contributed by atoms with van der Waals surface area (Å²) >= 11 is 0. The number of carbonyl (C=O) groups excluding carboxylic acids is 2. The first-order valence-corrected chi connectivity index (χ1v) is 34.3. The van der Waals surface area contributed by atoms with Crippen LogP contribution in [0.15, 0.2) is 207 Å². The van der Waals surface area contributed by atoms with Gasteiger partial charge in [0.2, 0.25) is 0 Å². The van der Waals surface area contributed by atoms with Gasteiger partial charge in [-0.15, -0.1) is 0 Å². The van der Waals surface area contributed by atoms with E-state index in [2.05, 4.69) is 220 Å². The molecular formula is C76H118NO8P. The molecule has 0 rings (SSSR count). The summed E-state index contributed by atoms with van der Waals surface area (Å²) in [6.07, 6.45) is 102. The average Bonchev–Trinajstić information content (AvgIpc) is 3.70. The van der Waals surface area contributed by atoms with Crippen LogP contribution in [0.25, 0.3) is 0 Å². The van der Waals surface area contributed by atoms with Gasteiger partial charge in [0.15, 0.2) is 6.10 Å². The third-order valence-electron chi connectivity index (χ3n) is 12.8. The minimum Gasteiger partial charge on any atom is -0.756 e. The fourth-order valence-corrected chi connectivity index (χ4v) is 8.57. The van der Waals surface area contributed by atoms with E-state index in [9.17, 15) is 19.0 Å². The second kappa shape index (κ2) is 64.1. The number of hydrogen-bond acceptors (Lipinski definition) is 8. The van der Waals surface area contributed by atoms with Gasteiger partial charge in [-0.3, -0.25) is 14.2 Å². The molecule has 480 valence electrons. The number of likely N-dealkylation sites (N-methyl/N-ethyl adjacent to an activating group) is 1. The van der Waals surface area contributed by atoms with Gasteiger partial charge < -0.3 is 27.9 Å². The van der Waals surface area contributed by atoms with Gasteiger partial charge in [-0.2, -0.15) is 0 Å². The molecule has 0 spiro atoms. The molecule has 86 heavy (non-hydrogen) atoms. The van der Waals surface area contributed by atoms with Crippen molar-refractivity contribution in [1.29, 1.82) is 0 Å². The summed E-state index contributed by atoms with van der Waals surface area (Å²) in [5.74, 6) is -0.905. The van der Waals surface area contributed by atoms with Crippen molar-refractivity contribution in [2.75, 3.05) is 47.5 Å². The quantitative estimate of drug-likeness (QED) is 0.0195. The van der Waals surface area contributed by atoms with E-state index in [1.807, 2.05) is 21.1 Å². The van der Waals surface area contributed by atoms with Crippen molar-refractivity contribution in [2.45, 2.75) is 213 Å². The topological polar surface area (TPSA) is 111 Å². The van der Waals surface area contributed by atoms with Crippen LogP contribution < -0.4 is 4.89 Å². The molecule has 0 radical (unpaired) electrons. The molecule has 0 aliphatic heterocycles. The number of quaternary nitrogens is 1. The number of phosphoric ester groups is 1. The second-order valence-corrected chi connectivity index (χ2v) is 23.4. The van der Waals surface area contributed by atoms with E-state index in [0.717, 1.165) is 167 Å². The number of phosphoric acid groups is 1. The molecule has 2 atom stereocenters. The summed E-state index contributed by atoms with van der Waals surface area (Å²) in [5, 5.41) is 0. The van der Waals surface area contributed by atoms with Gasteiger partial charge in [-0.05, 0) is 148 Å². The Hall–Kier alpha value is -5.41. The SMILES string of the molecule is CC/C=C\C/C=C\C/C=C\C/C=C\C/C=C\C/C=C\C/C=C\C/C=C\C/C=C\CCCCCCCC(=O)OC(COC(=O)CCCCCC/C=C\C/C=C\C/C=C\C/C=C\C/C=C\C/C=C\C/C=C\C/C=C\CC)COP(=O)([O-])OCC[N+](C)(C)C. The van der Waals surface area contributed by atoms with Crippen molar-refractivity contribution in [1.82, 2.24) is 0 Å². The van der Waals surface area contributed by atoms with Crippen molar-refractivity contribution in [3.8, 4) is 0 Å². The molecule has 0 fully saturated rings. The fraction of sp³-hybridized carbons (Fsp3) is 0.526. The molecule has 0 heterocycles. The number of carbonyl (C=O) groups is 2. The van der Waals surface area contributed by atoms with Crippen LogP contribution in [0.5, 0.6) is 0 Å². The second-order valence-electron chi connectivity index (χ2n) is 22.0. The molecule has 0 amide bonds. The number of esters is 2. The Morgan fingerprint density at radius 3 is 0.930 bits per heavy atom. The number of allylic oxidation sites excluding steroid dienone is 34. The summed E-state index contributed by atoms with van der Waals surface area (Å²) in [6, 6.07) is 0. The van der Waals surface area contributed by atoms with Gasteiger partial charge in [0.1, 0.15) is 19.8 Å². The van der Waals surface area contributed by atoms with Crippen LogP contribution in [0.4, 0.5) is 0 Å². The number of nitrogens with zero attached hydrogens (tertiary/aromatic N) is 1. The van der Waals surface area contributed by atoms with E-state index in [-0.39, 0.29) is 26.1 Å². The Morgan fingerprint density at radius 2 is 0.628 bits per heavy atom. The van der Waals surface area contributed by atoms with Crippen LogP contribution in [0, 0.1) is 0 Å². The van der Waals surface area contributed by atoms with Crippen molar-refractivity contribution in [3.05, 3.63) is 207 Å². The molecule has 0 aromatic heterocycles. The van der Waals surface area contributed by atoms with Crippen LogP contribution in [0.1, 0.15) is 206 Å². The number of rotatable bonds is 57. The highest BCUT2D eigenvalue weighted by Gasteiger charge is 2.22. The largest absolute Gasteiger partial charge is 0.756 e. The summed E-state index contributed by atoms with van der Waals surface area (Å²) in [6.45, 7) is 3.92. The van der Waals surface area contributed by atoms with E-state index in [0.29, 0.717) is 23.9 Å². The van der Waals surface area contributed by atoms with Crippen LogP contribution in [0.2, 0.25) is 0 Å². The smallest absolute Gasteiger partial charge is 0.306 e. The first kappa shape index (κ1) is 80.6. The first-order valence-electron chi connectivity index (χ1n) is 32.8. The molecular weight excluding hydrogens is 1090 g/mol. The monoisotopic (exact) mass is 1200 g/mol. The highest BCUT2D eigenvalue weighted by Crippen LogP contribution is 2.38. The van der Waals surface area contributed by atoms with Crippen molar-refractivity contribution < 1.29 is 42.1 Å². The summed E-state index contributed by atoms with van der Waals surface area (Å²) in [7, 11) is 1.10. The van der Waals surface area contributed by atoms with E-state index in [4.69, 9.17) is 18.5 Å². The summed E-state index contributed by atoms with van der Waals surface area (Å²) in [4.78, 5) is 38.0. The Kier molecular flexibility index (Phi) is 60.0. The molecule has 0 aliphatic carbocycles. The Bertz CT molecular complexity index is 2200. The van der Waals surface area contributed by atoms with E-state index < -0.39 is 32.5 Å². The van der Waals surface area contributed by atoms with Gasteiger partial charge in [0.05, 0.1) is 27.7 Å². The minimum absolute atomic E-state index is 0.0525. The predicted molar refractivity (Wildman–Crippen MR) is 368 cm³/mol. The van der Waals surface area contributed by atoms with Crippen molar-refractivity contribution >= 4 is 19.8 Å². The third-order valence-corrected chi connectivity index (χ3v) is 13.8. The van der Waals surface area contributed by atoms with Gasteiger partial charge in [-0.25, -0.2) is 0 Å². The predicted octanol–water partition coefficient (Wildman–Crippen LogP) is 20.8. The molecule has 10 heteroatoms. The van der Waals surface area contributed by atoms with Crippen LogP contribution in [-0.2, 0) is 32.7 Å². The normalized spacial score (nSPS) is 14.5. The number of hydrogen-bond donors (Lipinski definition) is 0. The van der Waals surface area contributed by atoms with Crippen LogP contribution in [-0.4, -0.2) is 70.0 Å². The zero-order chi connectivity index (χ0) is 62.6. The zero-order valence-electron chi connectivity index (χ0n) is 54.4. The maximum atomic E-state index is 12.8. The highest BCUT2D eigenvalue weighted by atomic mass is 31.2. The van der Waals surface area contributed by atoms with Crippen molar-refractivity contribution in [2.24, 2.45) is 0 Å². The standard InChI is InChI=1S/C76H118NO8P/c1-6-8-10-12-14-16-18-20-22-24-26-28-30-32-34-36-37-38-39-41-43-45-47-49-51-53-55-57-59-61-63-65-67-69-76(79)85-74(73-84-86(80,81)83-71-70-77(3,4)5)72-82-75(78)68-66-64-62-60-58-56-54-52-50-48-46-44-42-40-35-33-31-29-27-25-23-21-19-17-15-13-11-9-7-2/h8-11,14-17,20-23,26-29,32-35,37-38,41-44,47-50,53-56,74H,6-7,12-13,18-19,24-25,30-31,36,39-40,45-46,51-52,57-73H2,1-5H3/b10-8-,11-9-,16-14-,17-15-,22-20-,23-21-,28-26-,29-27-,34-32-,35-33-,38-37-,43-41-,44-42-,49-47-,50-48-,55-53-,56-54-. The zero-order valence-corrected chi connectivity index (χ0v) is 55.3. The summed E-state index contributed by atoms with van der Waals surface area (Å²) in [5.41, 5.74) is 0. The third kappa shape index (κ3) is 67.7. The number of unbranched alkanes of at least 4 members (excludes halogenated alkanes) is 9. The Labute approximate surface area is 525 Å². The van der Waals surface area contributed by atoms with Gasteiger partial charge in [-0.1, -0.05) is 253 Å². The molecule has 0 aliphatic rings. The lowest BCUT2D eigenvalue weighted by molar-refractivity contribution is -0.870. The van der Waals surface area contributed by atoms with Crippen LogP contribution in [0.3, 0.4) is 0 Å². The molecule has 2 unspecified atom stereocenters. The number of ether oxygens (including phenoxy) is 2. The molecule has 0 aromatic rings. The molecule has 0 aromatic carbocycles. The Morgan fingerprint density at radius 1 is 0.360 bits per heavy atom. The first-order chi connectivity index (χ1) is 42.0. The molecule has 0 bridgehead atoms. The molecule has 9 nitrogen and oxygen atoms in total. The fourth-order valence-electron chi connectivity index (χ4n) is 7.84. The minimum atomic E-state index is -4.67. The average molecular weight is 1200 g/mol. The maximum absolute atomic E-state index is 12.8. The summed E-state index contributed by atoms with van der Waals surface area (Å²) < 4.78 is 34.2. The molecule has 0 saturated heterocycles. The van der Waals surface area contributed by atoms with E-state index in [1.165, 1.54) is 0 Å². The van der Waals surface area contributed by atoms with Gasteiger partial charge in [0.25, 0.3) is 7.82 Å². The lowest BCUT2D eigenvalue weighted by atomic mass is 10.1. The molecule has 0 N–H and O–H groups in total. The Balaban J connectivity index is 4.30. The van der Waals surface area contributed by atoms with E-state index in [1.54, 1.807) is 0 Å². The van der Waals surface area contributed by atoms with Crippen molar-refractivity contribution in [3.63, 3.8) is 0 Å². The highest BCUT2D eigenvalue weighted by molar-refractivity contribution is 7.45. The van der Waals surface area contributed by atoms with E-state index >= 15 is 0 Å². The van der Waals surface area contributed by atoms with Gasteiger partial charge >= 0.3 is 11.9 Å². The lowest BCUT2D eigenvalue weighted by Gasteiger charge is -2.28.